The molecule has 2 aromatic heterocycles. The van der Waals surface area contributed by atoms with E-state index in [1.54, 1.807) is 4.68 Å². The van der Waals surface area contributed by atoms with Gasteiger partial charge in [0, 0.05) is 18.3 Å². The van der Waals surface area contributed by atoms with Crippen molar-refractivity contribution in [2.45, 2.75) is 46.6 Å². The SMILES string of the molecule is Cc1n[nH]c(C)c1CC(=O)N[C@H](CC(C)C)c1ncnn1C. The van der Waals surface area contributed by atoms with Gasteiger partial charge in [-0.1, -0.05) is 13.8 Å². The number of nitrogens with one attached hydrogen (secondary N) is 2. The third-order valence-corrected chi connectivity index (χ3v) is 3.72. The Balaban J connectivity index is 2.10. The summed E-state index contributed by atoms with van der Waals surface area (Å²) in [4.78, 5) is 16.7. The fraction of sp³-hybridized carbons (Fsp3) is 0.600. The van der Waals surface area contributed by atoms with Crippen molar-refractivity contribution in [3.63, 3.8) is 0 Å². The molecule has 2 heterocycles. The van der Waals surface area contributed by atoms with Crippen LogP contribution in [0.15, 0.2) is 6.33 Å². The summed E-state index contributed by atoms with van der Waals surface area (Å²) in [6.45, 7) is 8.08. The van der Waals surface area contributed by atoms with Gasteiger partial charge in [-0.3, -0.25) is 14.6 Å². The van der Waals surface area contributed by atoms with E-state index in [1.807, 2.05) is 20.9 Å². The fourth-order valence-corrected chi connectivity index (χ4v) is 2.56. The Morgan fingerprint density at radius 2 is 2.14 bits per heavy atom. The summed E-state index contributed by atoms with van der Waals surface area (Å²) in [6, 6.07) is -0.132. The summed E-state index contributed by atoms with van der Waals surface area (Å²) in [5.41, 5.74) is 2.76. The van der Waals surface area contributed by atoms with Gasteiger partial charge in [0.2, 0.25) is 5.91 Å². The number of amides is 1. The Morgan fingerprint density at radius 1 is 1.41 bits per heavy atom. The first-order valence-corrected chi connectivity index (χ1v) is 7.52. The van der Waals surface area contributed by atoms with Crippen LogP contribution in [-0.4, -0.2) is 30.9 Å². The Labute approximate surface area is 130 Å². The van der Waals surface area contributed by atoms with Crippen LogP contribution in [0.4, 0.5) is 0 Å². The predicted octanol–water partition coefficient (Wildman–Crippen LogP) is 1.60. The number of rotatable bonds is 6. The van der Waals surface area contributed by atoms with Gasteiger partial charge in [0.05, 0.1) is 18.2 Å². The minimum Gasteiger partial charge on any atom is -0.346 e. The molecule has 0 aromatic carbocycles. The Hall–Kier alpha value is -2.18. The highest BCUT2D eigenvalue weighted by atomic mass is 16.1. The predicted molar refractivity (Wildman–Crippen MR) is 83.1 cm³/mol. The van der Waals surface area contributed by atoms with Gasteiger partial charge in [0.1, 0.15) is 12.2 Å². The lowest BCUT2D eigenvalue weighted by molar-refractivity contribution is -0.121. The van der Waals surface area contributed by atoms with Gasteiger partial charge in [0.15, 0.2) is 0 Å². The normalized spacial score (nSPS) is 12.6. The largest absolute Gasteiger partial charge is 0.346 e. The molecule has 0 saturated carbocycles. The number of hydrogen-bond donors (Lipinski definition) is 2. The second-order valence-corrected chi connectivity index (χ2v) is 6.08. The van der Waals surface area contributed by atoms with Crippen LogP contribution < -0.4 is 5.32 Å². The number of aromatic nitrogens is 5. The van der Waals surface area contributed by atoms with Gasteiger partial charge in [-0.15, -0.1) is 0 Å². The van der Waals surface area contributed by atoms with Crippen molar-refractivity contribution >= 4 is 5.91 Å². The van der Waals surface area contributed by atoms with Crippen molar-refractivity contribution < 1.29 is 4.79 Å². The third-order valence-electron chi connectivity index (χ3n) is 3.72. The van der Waals surface area contributed by atoms with Crippen LogP contribution in [0.1, 0.15) is 49.1 Å². The van der Waals surface area contributed by atoms with E-state index in [9.17, 15) is 4.79 Å². The van der Waals surface area contributed by atoms with Crippen LogP contribution in [0.2, 0.25) is 0 Å². The third kappa shape index (κ3) is 3.72. The van der Waals surface area contributed by atoms with Crippen LogP contribution in [0, 0.1) is 19.8 Å². The lowest BCUT2D eigenvalue weighted by Crippen LogP contribution is -2.32. The second kappa shape index (κ2) is 6.72. The van der Waals surface area contributed by atoms with Crippen LogP contribution in [0.5, 0.6) is 0 Å². The van der Waals surface area contributed by atoms with Gasteiger partial charge in [-0.05, 0) is 26.2 Å². The average molecular weight is 304 g/mol. The first kappa shape index (κ1) is 16.2. The van der Waals surface area contributed by atoms with E-state index in [0.717, 1.165) is 29.2 Å². The van der Waals surface area contributed by atoms with E-state index in [0.29, 0.717) is 12.3 Å². The lowest BCUT2D eigenvalue weighted by Gasteiger charge is -2.20. The summed E-state index contributed by atoms with van der Waals surface area (Å²) in [5, 5.41) is 14.2. The maximum Gasteiger partial charge on any atom is 0.225 e. The highest BCUT2D eigenvalue weighted by Gasteiger charge is 2.21. The molecule has 0 fully saturated rings. The molecule has 0 aliphatic rings. The van der Waals surface area contributed by atoms with Crippen molar-refractivity contribution in [2.75, 3.05) is 0 Å². The summed E-state index contributed by atoms with van der Waals surface area (Å²) >= 11 is 0. The number of carbonyl (C=O) groups excluding carboxylic acids is 1. The van der Waals surface area contributed by atoms with E-state index < -0.39 is 0 Å². The van der Waals surface area contributed by atoms with Gasteiger partial charge in [0.25, 0.3) is 0 Å². The van der Waals surface area contributed by atoms with Crippen LogP contribution >= 0.6 is 0 Å². The van der Waals surface area contributed by atoms with Crippen molar-refractivity contribution in [2.24, 2.45) is 13.0 Å². The second-order valence-electron chi connectivity index (χ2n) is 6.08. The maximum absolute atomic E-state index is 12.4. The number of carbonyl (C=O) groups is 1. The first-order chi connectivity index (χ1) is 10.4. The molecule has 7 heteroatoms. The zero-order valence-electron chi connectivity index (χ0n) is 13.8. The van der Waals surface area contributed by atoms with E-state index in [-0.39, 0.29) is 11.9 Å². The standard InChI is InChI=1S/C15H24N6O/c1-9(2)6-13(15-16-8-17-21(15)5)18-14(22)7-12-10(3)19-20-11(12)4/h8-9,13H,6-7H2,1-5H3,(H,18,22)(H,19,20)/t13-/m1/s1. The number of H-pyrrole nitrogens is 1. The smallest absolute Gasteiger partial charge is 0.225 e. The average Bonchev–Trinajstić information content (AvgIpc) is 2.98. The zero-order chi connectivity index (χ0) is 16.3. The molecule has 0 bridgehead atoms. The molecule has 120 valence electrons. The molecular formula is C15H24N6O. The van der Waals surface area contributed by atoms with E-state index in [4.69, 9.17) is 0 Å². The van der Waals surface area contributed by atoms with E-state index in [2.05, 4.69) is 39.4 Å². The molecular weight excluding hydrogens is 280 g/mol. The van der Waals surface area contributed by atoms with Crippen molar-refractivity contribution in [1.29, 1.82) is 0 Å². The Bertz CT molecular complexity index is 623. The molecule has 0 radical (unpaired) electrons. The fourth-order valence-electron chi connectivity index (χ4n) is 2.56. The van der Waals surface area contributed by atoms with E-state index in [1.165, 1.54) is 6.33 Å². The molecule has 0 saturated heterocycles. The summed E-state index contributed by atoms with van der Waals surface area (Å²) in [6.07, 6.45) is 2.65. The summed E-state index contributed by atoms with van der Waals surface area (Å²) < 4.78 is 1.71. The molecule has 0 aliphatic heterocycles. The van der Waals surface area contributed by atoms with Gasteiger partial charge >= 0.3 is 0 Å². The highest BCUT2D eigenvalue weighted by Crippen LogP contribution is 2.19. The van der Waals surface area contributed by atoms with E-state index >= 15 is 0 Å². The topological polar surface area (TPSA) is 88.5 Å². The molecule has 2 rings (SSSR count). The van der Waals surface area contributed by atoms with Crippen LogP contribution in [0.25, 0.3) is 0 Å². The van der Waals surface area contributed by atoms with Gasteiger partial charge in [-0.2, -0.15) is 10.2 Å². The van der Waals surface area contributed by atoms with Crippen molar-refractivity contribution in [1.82, 2.24) is 30.3 Å². The van der Waals surface area contributed by atoms with Crippen LogP contribution in [-0.2, 0) is 18.3 Å². The molecule has 2 N–H and O–H groups in total. The van der Waals surface area contributed by atoms with Gasteiger partial charge in [-0.25, -0.2) is 4.98 Å². The minimum atomic E-state index is -0.132. The first-order valence-electron chi connectivity index (χ1n) is 7.52. The number of aryl methyl sites for hydroxylation is 3. The number of aromatic amines is 1. The lowest BCUT2D eigenvalue weighted by atomic mass is 10.0. The van der Waals surface area contributed by atoms with Crippen molar-refractivity contribution in [3.8, 4) is 0 Å². The molecule has 1 amide bonds. The monoisotopic (exact) mass is 304 g/mol. The quantitative estimate of drug-likeness (QED) is 0.848. The minimum absolute atomic E-state index is 0.0266. The molecule has 0 aliphatic carbocycles. The summed E-state index contributed by atoms with van der Waals surface area (Å²) in [7, 11) is 1.84. The van der Waals surface area contributed by atoms with Gasteiger partial charge < -0.3 is 5.32 Å². The molecule has 0 unspecified atom stereocenters. The molecule has 2 aromatic rings. The molecule has 7 nitrogen and oxygen atoms in total. The molecule has 1 atom stereocenters. The zero-order valence-corrected chi connectivity index (χ0v) is 13.8. The van der Waals surface area contributed by atoms with Crippen LogP contribution in [0.3, 0.4) is 0 Å². The maximum atomic E-state index is 12.4. The Kier molecular flexibility index (Phi) is 4.95. The Morgan fingerprint density at radius 3 is 2.64 bits per heavy atom. The molecule has 0 spiro atoms. The summed E-state index contributed by atoms with van der Waals surface area (Å²) in [5.74, 6) is 1.20. The number of hydrogen-bond acceptors (Lipinski definition) is 4. The van der Waals surface area contributed by atoms with Crippen molar-refractivity contribution in [3.05, 3.63) is 29.1 Å². The molecule has 22 heavy (non-hydrogen) atoms. The highest BCUT2D eigenvalue weighted by molar-refractivity contribution is 5.79. The number of nitrogens with zero attached hydrogens (tertiary/aromatic N) is 4.